The molecule has 0 aliphatic carbocycles. The number of nitrogens with zero attached hydrogens (tertiary/aromatic N) is 4. The highest BCUT2D eigenvalue weighted by Crippen LogP contribution is 2.41. The van der Waals surface area contributed by atoms with Crippen LogP contribution in [0.2, 0.25) is 0 Å². The van der Waals surface area contributed by atoms with Gasteiger partial charge in [-0.2, -0.15) is 0 Å². The average Bonchev–Trinajstić information content (AvgIpc) is 3.30. The van der Waals surface area contributed by atoms with Gasteiger partial charge in [0.05, 0.1) is 47.6 Å². The summed E-state index contributed by atoms with van der Waals surface area (Å²) in [6.45, 7) is 5.13. The molecule has 3 heterocycles. The van der Waals surface area contributed by atoms with Gasteiger partial charge in [-0.1, -0.05) is 39.0 Å². The Morgan fingerprint density at radius 1 is 1.17 bits per heavy atom. The number of halogens is 1. The molecule has 0 saturated carbocycles. The van der Waals surface area contributed by atoms with Crippen LogP contribution in [-0.2, 0) is 9.53 Å². The molecule has 13 nitrogen and oxygen atoms in total. The van der Waals surface area contributed by atoms with E-state index in [1.54, 1.807) is 32.9 Å². The lowest BCUT2D eigenvalue weighted by Crippen LogP contribution is -2.40. The molecule has 1 aliphatic heterocycles. The first kappa shape index (κ1) is 32.8. The van der Waals surface area contributed by atoms with Crippen LogP contribution in [0.3, 0.4) is 0 Å². The van der Waals surface area contributed by atoms with Gasteiger partial charge >= 0.3 is 5.97 Å². The Hall–Kier alpha value is -4.54. The molecule has 0 radical (unpaired) electrons. The summed E-state index contributed by atoms with van der Waals surface area (Å²) in [4.78, 5) is 63.2. The van der Waals surface area contributed by atoms with Crippen molar-refractivity contribution in [2.45, 2.75) is 36.9 Å². The van der Waals surface area contributed by atoms with Crippen molar-refractivity contribution in [1.29, 1.82) is 0 Å². The number of methoxy groups -OCH3 is 2. The van der Waals surface area contributed by atoms with Crippen molar-refractivity contribution in [1.82, 2.24) is 14.5 Å². The molecular weight excluding hydrogens is 702 g/mol. The summed E-state index contributed by atoms with van der Waals surface area (Å²) in [6.07, 6.45) is 1.52. The molecule has 1 atom stereocenters. The Morgan fingerprint density at radius 3 is 2.54 bits per heavy atom. The lowest BCUT2D eigenvalue weighted by Gasteiger charge is -2.26. The third-order valence-electron chi connectivity index (χ3n) is 6.86. The summed E-state index contributed by atoms with van der Waals surface area (Å²) in [5, 5.41) is 12.0. The summed E-state index contributed by atoms with van der Waals surface area (Å²) in [5.74, 6) is 0.174. The van der Waals surface area contributed by atoms with Crippen LogP contribution in [-0.4, -0.2) is 46.3 Å². The first-order valence-corrected chi connectivity index (χ1v) is 16.0. The van der Waals surface area contributed by atoms with Crippen molar-refractivity contribution in [2.24, 2.45) is 4.99 Å². The highest BCUT2D eigenvalue weighted by molar-refractivity contribution is 9.10. The van der Waals surface area contributed by atoms with E-state index in [-0.39, 0.29) is 33.1 Å². The smallest absolute Gasteiger partial charge is 0.338 e. The van der Waals surface area contributed by atoms with Gasteiger partial charge in [-0.15, -0.1) is 0 Å². The van der Waals surface area contributed by atoms with Gasteiger partial charge in [0, 0.05) is 33.3 Å². The van der Waals surface area contributed by atoms with E-state index < -0.39 is 22.5 Å². The molecule has 238 valence electrons. The Kier molecular flexibility index (Phi) is 9.60. The average molecular weight is 729 g/mol. The zero-order chi connectivity index (χ0) is 33.3. The standard InChI is InChI=1S/C30H26BrN5O8S2/c1-6-44-28(39)25-15(3)33-30-35(26(25)18-12-20(42-4)21(43-5)13-19(18)31)27(38)23(46-30)11-16-10-17(36(40)41)7-8-22(16)45-29-32-14(2)9-24(37)34-29/h7-13,26H,6H2,1-5H3,(H,32,34,37)/b23-11+/t26-/m1/s1. The normalized spacial score (nSPS) is 14.5. The highest BCUT2D eigenvalue weighted by Gasteiger charge is 2.35. The third kappa shape index (κ3) is 6.41. The maximum absolute atomic E-state index is 14.2. The minimum absolute atomic E-state index is 0.105. The maximum Gasteiger partial charge on any atom is 0.338 e. The molecule has 16 heteroatoms. The number of carbonyl (C=O) groups is 1. The van der Waals surface area contributed by atoms with Crippen LogP contribution in [0.5, 0.6) is 11.5 Å². The first-order valence-electron chi connectivity index (χ1n) is 13.6. The van der Waals surface area contributed by atoms with Crippen molar-refractivity contribution in [3.63, 3.8) is 0 Å². The van der Waals surface area contributed by atoms with Crippen LogP contribution in [0.25, 0.3) is 6.08 Å². The number of esters is 1. The number of fused-ring (bicyclic) bond motifs is 1. The maximum atomic E-state index is 14.2. The Bertz CT molecular complexity index is 2170. The van der Waals surface area contributed by atoms with Gasteiger partial charge in [-0.3, -0.25) is 24.3 Å². The Balaban J connectivity index is 1.75. The number of carbonyl (C=O) groups excluding carboxylic acids is 1. The second kappa shape index (κ2) is 13.4. The number of hydrogen-bond donors (Lipinski definition) is 1. The summed E-state index contributed by atoms with van der Waals surface area (Å²) >= 11 is 5.73. The zero-order valence-electron chi connectivity index (χ0n) is 25.1. The van der Waals surface area contributed by atoms with Gasteiger partial charge < -0.3 is 19.2 Å². The second-order valence-corrected chi connectivity index (χ2v) is 12.7. The number of H-pyrrole nitrogens is 1. The number of non-ortho nitro benzene ring substituents is 1. The fraction of sp³-hybridized carbons (Fsp3) is 0.233. The van der Waals surface area contributed by atoms with E-state index in [2.05, 4.69) is 30.9 Å². The number of benzene rings is 2. The minimum Gasteiger partial charge on any atom is -0.493 e. The number of nitro groups is 1. The molecule has 4 aromatic rings. The largest absolute Gasteiger partial charge is 0.493 e. The lowest BCUT2D eigenvalue weighted by atomic mass is 9.95. The van der Waals surface area contributed by atoms with Crippen LogP contribution in [0.1, 0.15) is 36.7 Å². The number of aromatic nitrogens is 3. The second-order valence-electron chi connectivity index (χ2n) is 9.80. The number of ether oxygens (including phenoxy) is 3. The van der Waals surface area contributed by atoms with Gasteiger partial charge in [0.1, 0.15) is 0 Å². The van der Waals surface area contributed by atoms with Gasteiger partial charge in [-0.25, -0.2) is 14.8 Å². The molecule has 0 bridgehead atoms. The molecule has 0 fully saturated rings. The van der Waals surface area contributed by atoms with Crippen molar-refractivity contribution in [3.05, 3.63) is 109 Å². The molecule has 0 spiro atoms. The van der Waals surface area contributed by atoms with E-state index in [0.29, 0.717) is 48.2 Å². The van der Waals surface area contributed by atoms with Crippen LogP contribution in [0.4, 0.5) is 5.69 Å². The number of allylic oxidation sites excluding steroid dienone is 1. The summed E-state index contributed by atoms with van der Waals surface area (Å²) < 4.78 is 18.5. The topological polar surface area (TPSA) is 168 Å². The van der Waals surface area contributed by atoms with Gasteiger partial charge in [0.25, 0.3) is 16.8 Å². The monoisotopic (exact) mass is 727 g/mol. The van der Waals surface area contributed by atoms with E-state index in [1.165, 1.54) is 49.1 Å². The molecular formula is C30H26BrN5O8S2. The molecule has 0 amide bonds. The fourth-order valence-corrected chi connectivity index (χ4v) is 7.36. The van der Waals surface area contributed by atoms with Crippen LogP contribution < -0.4 is 29.9 Å². The predicted molar refractivity (Wildman–Crippen MR) is 174 cm³/mol. The molecule has 2 aromatic carbocycles. The lowest BCUT2D eigenvalue weighted by molar-refractivity contribution is -0.384. The van der Waals surface area contributed by atoms with Crippen molar-refractivity contribution in [2.75, 3.05) is 20.8 Å². The van der Waals surface area contributed by atoms with Gasteiger partial charge in [0.15, 0.2) is 21.5 Å². The SMILES string of the molecule is CCOC(=O)C1=C(C)N=c2s/c(=C/c3cc([N+](=O)[O-])ccc3Sc3nc(C)cc(=O)[nH]3)c(=O)n2[C@@H]1c1cc(OC)c(OC)cc1Br. The number of nitrogens with one attached hydrogen (secondary N) is 1. The van der Waals surface area contributed by atoms with Crippen LogP contribution in [0, 0.1) is 17.0 Å². The first-order chi connectivity index (χ1) is 21.9. The molecule has 1 aliphatic rings. The van der Waals surface area contributed by atoms with Crippen molar-refractivity contribution < 1.29 is 23.9 Å². The quantitative estimate of drug-likeness (QED) is 0.115. The third-order valence-corrected chi connectivity index (χ3v) is 9.51. The molecule has 5 rings (SSSR count). The van der Waals surface area contributed by atoms with Gasteiger partial charge in [0.2, 0.25) is 0 Å². The number of nitro benzene ring substituents is 1. The number of thiazole rings is 1. The highest BCUT2D eigenvalue weighted by atomic mass is 79.9. The summed E-state index contributed by atoms with van der Waals surface area (Å²) in [5.41, 5.74) is 0.852. The Morgan fingerprint density at radius 2 is 1.89 bits per heavy atom. The van der Waals surface area contributed by atoms with E-state index >= 15 is 0 Å². The van der Waals surface area contributed by atoms with E-state index in [9.17, 15) is 24.5 Å². The summed E-state index contributed by atoms with van der Waals surface area (Å²) in [7, 11) is 2.97. The van der Waals surface area contributed by atoms with Gasteiger partial charge in [-0.05, 0) is 56.2 Å². The molecule has 1 N–H and O–H groups in total. The molecule has 46 heavy (non-hydrogen) atoms. The number of aryl methyl sites for hydroxylation is 1. The number of aromatic amines is 1. The fourth-order valence-electron chi connectivity index (χ4n) is 4.87. The molecule has 0 saturated heterocycles. The van der Waals surface area contributed by atoms with E-state index in [1.807, 2.05) is 0 Å². The minimum atomic E-state index is -0.966. The summed E-state index contributed by atoms with van der Waals surface area (Å²) in [6, 6.07) is 7.94. The number of hydrogen-bond acceptors (Lipinski definition) is 12. The molecule has 2 aromatic heterocycles. The zero-order valence-corrected chi connectivity index (χ0v) is 28.3. The molecule has 0 unspecified atom stereocenters. The van der Waals surface area contributed by atoms with Crippen molar-refractivity contribution in [3.8, 4) is 11.5 Å². The van der Waals surface area contributed by atoms with Crippen LogP contribution in [0.15, 0.2) is 76.8 Å². The van der Waals surface area contributed by atoms with E-state index in [0.717, 1.165) is 23.1 Å². The van der Waals surface area contributed by atoms with E-state index in [4.69, 9.17) is 14.2 Å². The predicted octanol–water partition coefficient (Wildman–Crippen LogP) is 4.03. The Labute approximate surface area is 277 Å². The number of rotatable bonds is 9. The van der Waals surface area contributed by atoms with Crippen LogP contribution >= 0.6 is 39.0 Å². The van der Waals surface area contributed by atoms with Crippen molar-refractivity contribution >= 4 is 56.8 Å².